The highest BCUT2D eigenvalue weighted by Crippen LogP contribution is 2.23. The Morgan fingerprint density at radius 3 is 2.62 bits per heavy atom. The molecule has 0 spiro atoms. The van der Waals surface area contributed by atoms with Crippen molar-refractivity contribution in [2.24, 2.45) is 0 Å². The van der Waals surface area contributed by atoms with Gasteiger partial charge in [0, 0.05) is 18.7 Å². The Labute approximate surface area is 97.9 Å². The van der Waals surface area contributed by atoms with Crippen LogP contribution in [0, 0.1) is 0 Å². The molecule has 0 fully saturated rings. The molecule has 1 rings (SSSR count). The molecule has 1 heterocycles. The number of nitrogen functional groups attached to an aromatic ring is 1. The van der Waals surface area contributed by atoms with Gasteiger partial charge in [0.05, 0.1) is 0 Å². The van der Waals surface area contributed by atoms with Gasteiger partial charge in [0.25, 0.3) is 0 Å². The van der Waals surface area contributed by atoms with Crippen molar-refractivity contribution in [3.05, 3.63) is 11.9 Å². The number of hydrogen-bond acceptors (Lipinski definition) is 4. The summed E-state index contributed by atoms with van der Waals surface area (Å²) in [5.74, 6) is 1.57. The zero-order valence-corrected chi connectivity index (χ0v) is 10.7. The molecule has 4 nitrogen and oxygen atoms in total. The highest BCUT2D eigenvalue weighted by molar-refractivity contribution is 5.56. The molecule has 0 bridgehead atoms. The number of rotatable bonds is 5. The van der Waals surface area contributed by atoms with Crippen molar-refractivity contribution in [1.29, 1.82) is 0 Å². The Balaban J connectivity index is 2.98. The van der Waals surface area contributed by atoms with Gasteiger partial charge in [0.1, 0.15) is 18.0 Å². The summed E-state index contributed by atoms with van der Waals surface area (Å²) in [6.07, 6.45) is 4.74. The van der Waals surface area contributed by atoms with Crippen LogP contribution in [0.2, 0.25) is 0 Å². The van der Waals surface area contributed by atoms with E-state index in [2.05, 4.69) is 42.7 Å². The molecule has 16 heavy (non-hydrogen) atoms. The molecular formula is C12H22N4. The second kappa shape index (κ2) is 5.68. The van der Waals surface area contributed by atoms with Crippen molar-refractivity contribution in [3.8, 4) is 0 Å². The topological polar surface area (TPSA) is 55.0 Å². The SMILES string of the molecule is CCCC(C)N(C)c1ncnc(N)c1CC. The van der Waals surface area contributed by atoms with E-state index in [9.17, 15) is 0 Å². The molecule has 90 valence electrons. The van der Waals surface area contributed by atoms with Crippen LogP contribution in [0.15, 0.2) is 6.33 Å². The maximum Gasteiger partial charge on any atom is 0.137 e. The van der Waals surface area contributed by atoms with Crippen LogP contribution < -0.4 is 10.6 Å². The maximum absolute atomic E-state index is 5.87. The molecule has 0 aromatic carbocycles. The Morgan fingerprint density at radius 1 is 1.38 bits per heavy atom. The summed E-state index contributed by atoms with van der Waals surface area (Å²) in [4.78, 5) is 10.6. The molecule has 0 aliphatic rings. The Bertz CT molecular complexity index is 338. The Kier molecular flexibility index (Phi) is 4.52. The van der Waals surface area contributed by atoms with E-state index in [-0.39, 0.29) is 0 Å². The van der Waals surface area contributed by atoms with Crippen LogP contribution in [-0.4, -0.2) is 23.1 Å². The van der Waals surface area contributed by atoms with Gasteiger partial charge >= 0.3 is 0 Å². The van der Waals surface area contributed by atoms with E-state index in [1.807, 2.05) is 0 Å². The molecule has 0 aliphatic heterocycles. The third-order valence-electron chi connectivity index (χ3n) is 3.01. The first-order valence-corrected chi connectivity index (χ1v) is 5.93. The van der Waals surface area contributed by atoms with Gasteiger partial charge < -0.3 is 10.6 Å². The minimum atomic E-state index is 0.476. The van der Waals surface area contributed by atoms with Gasteiger partial charge in [-0.3, -0.25) is 0 Å². The molecule has 4 heteroatoms. The highest BCUT2D eigenvalue weighted by Gasteiger charge is 2.15. The highest BCUT2D eigenvalue weighted by atomic mass is 15.2. The van der Waals surface area contributed by atoms with Gasteiger partial charge in [-0.15, -0.1) is 0 Å². The monoisotopic (exact) mass is 222 g/mol. The first kappa shape index (κ1) is 12.7. The lowest BCUT2D eigenvalue weighted by atomic mass is 10.1. The minimum Gasteiger partial charge on any atom is -0.383 e. The third kappa shape index (κ3) is 2.62. The predicted octanol–water partition coefficient (Wildman–Crippen LogP) is 2.25. The molecule has 0 aliphatic carbocycles. The van der Waals surface area contributed by atoms with Gasteiger partial charge in [-0.1, -0.05) is 20.3 Å². The molecular weight excluding hydrogens is 200 g/mol. The summed E-state index contributed by atoms with van der Waals surface area (Å²) in [6.45, 7) is 6.48. The van der Waals surface area contributed by atoms with E-state index >= 15 is 0 Å². The third-order valence-corrected chi connectivity index (χ3v) is 3.01. The van der Waals surface area contributed by atoms with E-state index in [0.717, 1.165) is 24.2 Å². The summed E-state index contributed by atoms with van der Waals surface area (Å²) in [6, 6.07) is 0.476. The summed E-state index contributed by atoms with van der Waals surface area (Å²) >= 11 is 0. The van der Waals surface area contributed by atoms with E-state index in [1.54, 1.807) is 6.33 Å². The van der Waals surface area contributed by atoms with E-state index < -0.39 is 0 Å². The van der Waals surface area contributed by atoms with Crippen LogP contribution in [0.5, 0.6) is 0 Å². The van der Waals surface area contributed by atoms with Crippen molar-refractivity contribution in [1.82, 2.24) is 9.97 Å². The number of anilines is 2. The molecule has 0 saturated carbocycles. The van der Waals surface area contributed by atoms with Crippen LogP contribution in [0.4, 0.5) is 11.6 Å². The van der Waals surface area contributed by atoms with Gasteiger partial charge in [0.15, 0.2) is 0 Å². The molecule has 0 radical (unpaired) electrons. The zero-order valence-electron chi connectivity index (χ0n) is 10.7. The fourth-order valence-electron chi connectivity index (χ4n) is 1.88. The van der Waals surface area contributed by atoms with E-state index in [4.69, 9.17) is 5.73 Å². The van der Waals surface area contributed by atoms with Crippen LogP contribution in [0.3, 0.4) is 0 Å². The first-order chi connectivity index (χ1) is 7.61. The summed E-state index contributed by atoms with van der Waals surface area (Å²) in [5.41, 5.74) is 6.92. The number of nitrogens with zero attached hydrogens (tertiary/aromatic N) is 3. The lowest BCUT2D eigenvalue weighted by molar-refractivity contribution is 0.609. The predicted molar refractivity (Wildman–Crippen MR) is 68.6 cm³/mol. The van der Waals surface area contributed by atoms with Crippen LogP contribution >= 0.6 is 0 Å². The lowest BCUT2D eigenvalue weighted by Crippen LogP contribution is -2.30. The van der Waals surface area contributed by atoms with Gasteiger partial charge in [0.2, 0.25) is 0 Å². The van der Waals surface area contributed by atoms with Crippen molar-refractivity contribution in [2.75, 3.05) is 17.7 Å². The van der Waals surface area contributed by atoms with Gasteiger partial charge in [-0.2, -0.15) is 0 Å². The van der Waals surface area contributed by atoms with Crippen LogP contribution in [0.25, 0.3) is 0 Å². The van der Waals surface area contributed by atoms with E-state index in [1.165, 1.54) is 6.42 Å². The Hall–Kier alpha value is -1.32. The summed E-state index contributed by atoms with van der Waals surface area (Å²) in [7, 11) is 2.07. The maximum atomic E-state index is 5.87. The molecule has 2 N–H and O–H groups in total. The Morgan fingerprint density at radius 2 is 2.06 bits per heavy atom. The normalized spacial score (nSPS) is 12.5. The smallest absolute Gasteiger partial charge is 0.137 e. The number of aromatic nitrogens is 2. The average molecular weight is 222 g/mol. The molecule has 0 saturated heterocycles. The van der Waals surface area contributed by atoms with Gasteiger partial charge in [-0.25, -0.2) is 9.97 Å². The molecule has 0 amide bonds. The van der Waals surface area contributed by atoms with Crippen molar-refractivity contribution in [3.63, 3.8) is 0 Å². The van der Waals surface area contributed by atoms with Crippen molar-refractivity contribution < 1.29 is 0 Å². The second-order valence-corrected chi connectivity index (χ2v) is 4.16. The zero-order chi connectivity index (χ0) is 12.1. The lowest BCUT2D eigenvalue weighted by Gasteiger charge is -2.27. The van der Waals surface area contributed by atoms with Crippen molar-refractivity contribution in [2.45, 2.75) is 46.1 Å². The molecule has 1 aromatic rings. The standard InChI is InChI=1S/C12H22N4/c1-5-7-9(3)16(4)12-10(6-2)11(13)14-8-15-12/h8-9H,5-7H2,1-4H3,(H2,13,14,15). The quantitative estimate of drug-likeness (QED) is 0.830. The average Bonchev–Trinajstić information content (AvgIpc) is 2.28. The molecule has 1 atom stereocenters. The number of nitrogens with two attached hydrogens (primary N) is 1. The van der Waals surface area contributed by atoms with E-state index in [0.29, 0.717) is 11.9 Å². The fraction of sp³-hybridized carbons (Fsp3) is 0.667. The second-order valence-electron chi connectivity index (χ2n) is 4.16. The van der Waals surface area contributed by atoms with Gasteiger partial charge in [-0.05, 0) is 19.8 Å². The summed E-state index contributed by atoms with van der Waals surface area (Å²) < 4.78 is 0. The number of hydrogen-bond donors (Lipinski definition) is 1. The molecule has 1 unspecified atom stereocenters. The molecule has 1 aromatic heterocycles. The largest absolute Gasteiger partial charge is 0.383 e. The fourth-order valence-corrected chi connectivity index (χ4v) is 1.88. The van der Waals surface area contributed by atoms with Crippen LogP contribution in [-0.2, 0) is 6.42 Å². The minimum absolute atomic E-state index is 0.476. The van der Waals surface area contributed by atoms with Crippen LogP contribution in [0.1, 0.15) is 39.2 Å². The first-order valence-electron chi connectivity index (χ1n) is 5.93. The summed E-state index contributed by atoms with van der Waals surface area (Å²) in [5, 5.41) is 0. The van der Waals surface area contributed by atoms with Crippen molar-refractivity contribution >= 4 is 11.6 Å².